The van der Waals surface area contributed by atoms with E-state index in [0.717, 1.165) is 6.07 Å². The Morgan fingerprint density at radius 2 is 1.75 bits per heavy atom. The first kappa shape index (κ1) is 10.7. The van der Waals surface area contributed by atoms with Crippen molar-refractivity contribution >= 4 is 0 Å². The van der Waals surface area contributed by atoms with Gasteiger partial charge in [0.15, 0.2) is 5.82 Å². The molecule has 0 N–H and O–H groups in total. The smallest absolute Gasteiger partial charge is 0.164 e. The van der Waals surface area contributed by atoms with Crippen molar-refractivity contribution in [3.8, 4) is 11.4 Å². The minimum Gasteiger partial charge on any atom is -0.311 e. The predicted molar refractivity (Wildman–Crippen MR) is 55.8 cm³/mol. The van der Waals surface area contributed by atoms with Gasteiger partial charge in [-0.3, -0.25) is 0 Å². The highest BCUT2D eigenvalue weighted by molar-refractivity contribution is 5.55. The Hall–Kier alpha value is -1.78. The average Bonchev–Trinajstić information content (AvgIpc) is 2.63. The summed E-state index contributed by atoms with van der Waals surface area (Å²) in [6, 6.07) is 3.45. The van der Waals surface area contributed by atoms with Gasteiger partial charge in [0.1, 0.15) is 18.0 Å². The lowest BCUT2D eigenvalue weighted by molar-refractivity contribution is 0.580. The molecule has 0 atom stereocenters. The first-order chi connectivity index (χ1) is 7.58. The highest BCUT2D eigenvalue weighted by Crippen LogP contribution is 2.21. The van der Waals surface area contributed by atoms with Gasteiger partial charge in [-0.25, -0.2) is 8.78 Å². The van der Waals surface area contributed by atoms with Gasteiger partial charge in [0, 0.05) is 17.7 Å². The Morgan fingerprint density at radius 1 is 1.12 bits per heavy atom. The normalized spacial score (nSPS) is 11.1. The van der Waals surface area contributed by atoms with Crippen molar-refractivity contribution in [2.24, 2.45) is 0 Å². The maximum absolute atomic E-state index is 13.1. The number of aromatic nitrogens is 3. The molecule has 3 nitrogen and oxygen atoms in total. The van der Waals surface area contributed by atoms with Crippen molar-refractivity contribution in [1.29, 1.82) is 0 Å². The SMILES string of the molecule is CC(C)n1cnnc1-c1cc(F)cc(F)c1. The Morgan fingerprint density at radius 3 is 2.31 bits per heavy atom. The van der Waals surface area contributed by atoms with E-state index in [0.29, 0.717) is 11.4 Å². The summed E-state index contributed by atoms with van der Waals surface area (Å²) in [4.78, 5) is 0. The van der Waals surface area contributed by atoms with E-state index in [1.807, 2.05) is 13.8 Å². The number of hydrogen-bond donors (Lipinski definition) is 0. The molecule has 0 aliphatic carbocycles. The van der Waals surface area contributed by atoms with Gasteiger partial charge in [-0.2, -0.15) is 0 Å². The third-order valence-corrected chi connectivity index (χ3v) is 2.25. The van der Waals surface area contributed by atoms with Gasteiger partial charge >= 0.3 is 0 Å². The van der Waals surface area contributed by atoms with Crippen LogP contribution in [0.5, 0.6) is 0 Å². The van der Waals surface area contributed by atoms with Crippen LogP contribution in [0.3, 0.4) is 0 Å². The third-order valence-electron chi connectivity index (χ3n) is 2.25. The van der Waals surface area contributed by atoms with E-state index >= 15 is 0 Å². The zero-order valence-electron chi connectivity index (χ0n) is 8.98. The van der Waals surface area contributed by atoms with Crippen molar-refractivity contribution < 1.29 is 8.78 Å². The lowest BCUT2D eigenvalue weighted by Gasteiger charge is -2.09. The summed E-state index contributed by atoms with van der Waals surface area (Å²) < 4.78 is 27.9. The Balaban J connectivity index is 2.54. The van der Waals surface area contributed by atoms with Crippen LogP contribution in [0, 0.1) is 11.6 Å². The molecular formula is C11H11F2N3. The maximum atomic E-state index is 13.1. The van der Waals surface area contributed by atoms with Gasteiger partial charge in [0.2, 0.25) is 0 Å². The second-order valence-electron chi connectivity index (χ2n) is 3.81. The standard InChI is InChI=1S/C11H11F2N3/c1-7(2)16-6-14-15-11(16)8-3-9(12)5-10(13)4-8/h3-7H,1-2H3. The van der Waals surface area contributed by atoms with Crippen LogP contribution in [0.1, 0.15) is 19.9 Å². The van der Waals surface area contributed by atoms with Gasteiger partial charge in [-0.1, -0.05) is 0 Å². The first-order valence-corrected chi connectivity index (χ1v) is 4.94. The monoisotopic (exact) mass is 223 g/mol. The topological polar surface area (TPSA) is 30.7 Å². The minimum atomic E-state index is -0.617. The van der Waals surface area contributed by atoms with Crippen LogP contribution in [0.25, 0.3) is 11.4 Å². The van der Waals surface area contributed by atoms with Gasteiger partial charge in [-0.15, -0.1) is 10.2 Å². The first-order valence-electron chi connectivity index (χ1n) is 4.94. The lowest BCUT2D eigenvalue weighted by Crippen LogP contribution is -2.02. The largest absolute Gasteiger partial charge is 0.311 e. The van der Waals surface area contributed by atoms with Crippen LogP contribution >= 0.6 is 0 Å². The predicted octanol–water partition coefficient (Wildman–Crippen LogP) is 2.80. The number of benzene rings is 1. The van der Waals surface area contributed by atoms with E-state index < -0.39 is 11.6 Å². The average molecular weight is 223 g/mol. The molecule has 5 heteroatoms. The van der Waals surface area contributed by atoms with E-state index in [-0.39, 0.29) is 6.04 Å². The van der Waals surface area contributed by atoms with Crippen molar-refractivity contribution in [1.82, 2.24) is 14.8 Å². The number of rotatable bonds is 2. The molecule has 0 unspecified atom stereocenters. The van der Waals surface area contributed by atoms with Crippen LogP contribution in [-0.4, -0.2) is 14.8 Å². The van der Waals surface area contributed by atoms with Crippen LogP contribution in [0.15, 0.2) is 24.5 Å². The van der Waals surface area contributed by atoms with Crippen molar-refractivity contribution in [3.05, 3.63) is 36.2 Å². The third kappa shape index (κ3) is 1.93. The quantitative estimate of drug-likeness (QED) is 0.783. The summed E-state index contributed by atoms with van der Waals surface area (Å²) in [6.07, 6.45) is 1.54. The number of hydrogen-bond acceptors (Lipinski definition) is 2. The number of nitrogens with zero attached hydrogens (tertiary/aromatic N) is 3. The molecule has 0 amide bonds. The van der Waals surface area contributed by atoms with E-state index in [1.165, 1.54) is 12.1 Å². The van der Waals surface area contributed by atoms with Crippen molar-refractivity contribution in [2.75, 3.05) is 0 Å². The Bertz CT molecular complexity index is 485. The fourth-order valence-corrected chi connectivity index (χ4v) is 1.51. The second kappa shape index (κ2) is 4.00. The molecule has 0 aliphatic rings. The minimum absolute atomic E-state index is 0.135. The maximum Gasteiger partial charge on any atom is 0.164 e. The fourth-order valence-electron chi connectivity index (χ4n) is 1.51. The summed E-state index contributed by atoms with van der Waals surface area (Å²) in [5, 5.41) is 7.62. The molecule has 1 heterocycles. The van der Waals surface area contributed by atoms with E-state index in [9.17, 15) is 8.78 Å². The molecule has 0 saturated heterocycles. The molecule has 0 spiro atoms. The molecule has 0 aliphatic heterocycles. The summed E-state index contributed by atoms with van der Waals surface area (Å²) in [7, 11) is 0. The molecule has 1 aromatic carbocycles. The van der Waals surface area contributed by atoms with Crippen molar-refractivity contribution in [2.45, 2.75) is 19.9 Å². The van der Waals surface area contributed by atoms with Gasteiger partial charge in [0.25, 0.3) is 0 Å². The van der Waals surface area contributed by atoms with E-state index in [2.05, 4.69) is 10.2 Å². The van der Waals surface area contributed by atoms with Crippen molar-refractivity contribution in [3.63, 3.8) is 0 Å². The van der Waals surface area contributed by atoms with Crippen LogP contribution in [0.4, 0.5) is 8.78 Å². The highest BCUT2D eigenvalue weighted by atomic mass is 19.1. The Kier molecular flexibility index (Phi) is 2.68. The summed E-state index contributed by atoms with van der Waals surface area (Å²) >= 11 is 0. The molecule has 16 heavy (non-hydrogen) atoms. The summed E-state index contributed by atoms with van der Waals surface area (Å²) in [5.74, 6) is -0.769. The van der Waals surface area contributed by atoms with Crippen LogP contribution in [0.2, 0.25) is 0 Å². The molecule has 2 rings (SSSR count). The zero-order chi connectivity index (χ0) is 11.7. The van der Waals surface area contributed by atoms with E-state index in [1.54, 1.807) is 10.9 Å². The number of halogens is 2. The molecular weight excluding hydrogens is 212 g/mol. The second-order valence-corrected chi connectivity index (χ2v) is 3.81. The van der Waals surface area contributed by atoms with Gasteiger partial charge in [0.05, 0.1) is 0 Å². The van der Waals surface area contributed by atoms with Gasteiger partial charge < -0.3 is 4.57 Å². The summed E-state index contributed by atoms with van der Waals surface area (Å²) in [6.45, 7) is 3.89. The fraction of sp³-hybridized carbons (Fsp3) is 0.273. The molecule has 2 aromatic rings. The van der Waals surface area contributed by atoms with E-state index in [4.69, 9.17) is 0 Å². The lowest BCUT2D eigenvalue weighted by atomic mass is 10.2. The van der Waals surface area contributed by atoms with Crippen LogP contribution < -0.4 is 0 Å². The molecule has 0 bridgehead atoms. The molecule has 0 saturated carbocycles. The molecule has 1 aromatic heterocycles. The van der Waals surface area contributed by atoms with Crippen LogP contribution in [-0.2, 0) is 0 Å². The highest BCUT2D eigenvalue weighted by Gasteiger charge is 2.11. The Labute approximate surface area is 91.7 Å². The van der Waals surface area contributed by atoms with Gasteiger partial charge in [-0.05, 0) is 26.0 Å². The molecule has 0 radical (unpaired) electrons. The summed E-state index contributed by atoms with van der Waals surface area (Å²) in [5.41, 5.74) is 0.392. The zero-order valence-corrected chi connectivity index (χ0v) is 8.98. The molecule has 84 valence electrons. The molecule has 0 fully saturated rings.